The van der Waals surface area contributed by atoms with Crippen molar-refractivity contribution >= 4 is 11.6 Å². The Bertz CT molecular complexity index is 989. The Balaban J connectivity index is 1.78. The van der Waals surface area contributed by atoms with Crippen molar-refractivity contribution in [2.45, 2.75) is 41.2 Å². The van der Waals surface area contributed by atoms with Crippen molar-refractivity contribution in [2.75, 3.05) is 5.32 Å². The van der Waals surface area contributed by atoms with Crippen molar-refractivity contribution < 1.29 is 14.1 Å². The van der Waals surface area contributed by atoms with Crippen molar-refractivity contribution in [1.82, 2.24) is 5.16 Å². The first-order valence-corrected chi connectivity index (χ1v) is 8.89. The number of ether oxygens (including phenoxy) is 1. The van der Waals surface area contributed by atoms with E-state index in [2.05, 4.69) is 16.5 Å². The van der Waals surface area contributed by atoms with Crippen molar-refractivity contribution in [3.05, 3.63) is 75.7 Å². The maximum absolute atomic E-state index is 12.7. The number of benzene rings is 2. The molecule has 5 heteroatoms. The standard InChI is InChI=1S/C22H24N2O3/c1-13-6-8-19(15(3)10-13)23-22(25)21-18(17(5)27-24-21)12-26-20-9-7-14(2)11-16(20)4/h6-11H,12H2,1-5H3,(H,23,25). The Morgan fingerprint density at radius 2 is 1.67 bits per heavy atom. The van der Waals surface area contributed by atoms with E-state index in [0.29, 0.717) is 11.3 Å². The third kappa shape index (κ3) is 4.19. The van der Waals surface area contributed by atoms with Crippen LogP contribution >= 0.6 is 0 Å². The Morgan fingerprint density at radius 3 is 2.33 bits per heavy atom. The molecule has 1 aromatic heterocycles. The highest BCUT2D eigenvalue weighted by molar-refractivity contribution is 6.04. The Hall–Kier alpha value is -3.08. The summed E-state index contributed by atoms with van der Waals surface area (Å²) in [5, 5.41) is 6.85. The highest BCUT2D eigenvalue weighted by Crippen LogP contribution is 2.23. The van der Waals surface area contributed by atoms with Crippen LogP contribution in [0.3, 0.4) is 0 Å². The molecule has 3 aromatic rings. The number of hydrogen-bond acceptors (Lipinski definition) is 4. The lowest BCUT2D eigenvalue weighted by Crippen LogP contribution is -2.16. The van der Waals surface area contributed by atoms with Crippen LogP contribution in [0, 0.1) is 34.6 Å². The minimum atomic E-state index is -0.307. The van der Waals surface area contributed by atoms with Crippen LogP contribution < -0.4 is 10.1 Å². The third-order valence-electron chi connectivity index (χ3n) is 4.53. The number of nitrogens with zero attached hydrogens (tertiary/aromatic N) is 1. The molecule has 0 unspecified atom stereocenters. The van der Waals surface area contributed by atoms with Crippen LogP contribution in [0.15, 0.2) is 40.9 Å². The van der Waals surface area contributed by atoms with E-state index < -0.39 is 0 Å². The lowest BCUT2D eigenvalue weighted by molar-refractivity contribution is 0.101. The van der Waals surface area contributed by atoms with Crippen LogP contribution in [0.1, 0.15) is 44.1 Å². The zero-order valence-electron chi connectivity index (χ0n) is 16.3. The second-order valence-corrected chi connectivity index (χ2v) is 6.90. The monoisotopic (exact) mass is 364 g/mol. The summed E-state index contributed by atoms with van der Waals surface area (Å²) in [6, 6.07) is 11.9. The van der Waals surface area contributed by atoms with Gasteiger partial charge in [-0.1, -0.05) is 40.5 Å². The molecule has 140 valence electrons. The maximum Gasteiger partial charge on any atom is 0.278 e. The van der Waals surface area contributed by atoms with Gasteiger partial charge in [0.25, 0.3) is 5.91 Å². The average Bonchev–Trinajstić information content (AvgIpc) is 2.97. The van der Waals surface area contributed by atoms with Gasteiger partial charge in [0.1, 0.15) is 18.1 Å². The molecule has 0 saturated carbocycles. The van der Waals surface area contributed by atoms with Crippen LogP contribution in [-0.4, -0.2) is 11.1 Å². The fraction of sp³-hybridized carbons (Fsp3) is 0.273. The SMILES string of the molecule is Cc1ccc(NC(=O)c2noc(C)c2COc2ccc(C)cc2C)c(C)c1. The smallest absolute Gasteiger partial charge is 0.278 e. The van der Waals surface area contributed by atoms with Gasteiger partial charge in [-0.25, -0.2) is 0 Å². The summed E-state index contributed by atoms with van der Waals surface area (Å²) >= 11 is 0. The average molecular weight is 364 g/mol. The number of carbonyl (C=O) groups excluding carboxylic acids is 1. The number of carbonyl (C=O) groups is 1. The molecule has 0 bridgehead atoms. The molecule has 0 spiro atoms. The number of aromatic nitrogens is 1. The van der Waals surface area contributed by atoms with Crippen LogP contribution in [0.2, 0.25) is 0 Å². The van der Waals surface area contributed by atoms with E-state index in [4.69, 9.17) is 9.26 Å². The van der Waals surface area contributed by atoms with E-state index >= 15 is 0 Å². The molecule has 5 nitrogen and oxygen atoms in total. The summed E-state index contributed by atoms with van der Waals surface area (Å²) < 4.78 is 11.2. The van der Waals surface area contributed by atoms with Gasteiger partial charge in [-0.05, 0) is 57.9 Å². The Morgan fingerprint density at radius 1 is 1.00 bits per heavy atom. The predicted molar refractivity (Wildman–Crippen MR) is 105 cm³/mol. The van der Waals surface area contributed by atoms with Crippen LogP contribution in [-0.2, 0) is 6.61 Å². The minimum absolute atomic E-state index is 0.217. The van der Waals surface area contributed by atoms with Gasteiger partial charge in [-0.3, -0.25) is 4.79 Å². The second-order valence-electron chi connectivity index (χ2n) is 6.90. The van der Waals surface area contributed by atoms with E-state index in [1.807, 2.05) is 58.0 Å². The first-order chi connectivity index (χ1) is 12.8. The van der Waals surface area contributed by atoms with Gasteiger partial charge in [-0.15, -0.1) is 0 Å². The highest BCUT2D eigenvalue weighted by Gasteiger charge is 2.21. The zero-order chi connectivity index (χ0) is 19.6. The van der Waals surface area contributed by atoms with Gasteiger partial charge >= 0.3 is 0 Å². The van der Waals surface area contributed by atoms with Crippen LogP contribution in [0.4, 0.5) is 5.69 Å². The molecule has 1 N–H and O–H groups in total. The minimum Gasteiger partial charge on any atom is -0.488 e. The molecule has 3 rings (SSSR count). The second kappa shape index (κ2) is 7.66. The van der Waals surface area contributed by atoms with E-state index in [1.165, 1.54) is 5.56 Å². The Labute approximate surface area is 159 Å². The van der Waals surface area contributed by atoms with Gasteiger partial charge in [-0.2, -0.15) is 0 Å². The number of rotatable bonds is 5. The molecule has 0 aliphatic rings. The van der Waals surface area contributed by atoms with Gasteiger partial charge in [0.2, 0.25) is 0 Å². The summed E-state index contributed by atoms with van der Waals surface area (Å²) in [6.45, 7) is 10.0. The quantitative estimate of drug-likeness (QED) is 0.688. The molecule has 0 fully saturated rings. The number of amides is 1. The van der Waals surface area contributed by atoms with Gasteiger partial charge in [0.05, 0.1) is 5.56 Å². The number of anilines is 1. The maximum atomic E-state index is 12.7. The lowest BCUT2D eigenvalue weighted by Gasteiger charge is -2.11. The summed E-state index contributed by atoms with van der Waals surface area (Å²) in [5.41, 5.74) is 6.02. The summed E-state index contributed by atoms with van der Waals surface area (Å²) in [4.78, 5) is 12.7. The molecule has 27 heavy (non-hydrogen) atoms. The highest BCUT2D eigenvalue weighted by atomic mass is 16.5. The van der Waals surface area contributed by atoms with E-state index in [9.17, 15) is 4.79 Å². The zero-order valence-corrected chi connectivity index (χ0v) is 16.3. The molecule has 0 aliphatic heterocycles. The summed E-state index contributed by atoms with van der Waals surface area (Å²) in [6.07, 6.45) is 0. The van der Waals surface area contributed by atoms with Gasteiger partial charge < -0.3 is 14.6 Å². The molecule has 0 radical (unpaired) electrons. The summed E-state index contributed by atoms with van der Waals surface area (Å²) in [7, 11) is 0. The van der Waals surface area contributed by atoms with E-state index in [-0.39, 0.29) is 18.2 Å². The van der Waals surface area contributed by atoms with Crippen LogP contribution in [0.25, 0.3) is 0 Å². The molecule has 1 amide bonds. The molecule has 0 saturated heterocycles. The number of aryl methyl sites for hydroxylation is 5. The third-order valence-corrected chi connectivity index (χ3v) is 4.53. The van der Waals surface area contributed by atoms with Crippen molar-refractivity contribution in [2.24, 2.45) is 0 Å². The predicted octanol–water partition coefficient (Wildman–Crippen LogP) is 5.05. The molecular formula is C22H24N2O3. The number of hydrogen-bond donors (Lipinski definition) is 1. The fourth-order valence-electron chi connectivity index (χ4n) is 2.99. The molecule has 2 aromatic carbocycles. The van der Waals surface area contributed by atoms with E-state index in [0.717, 1.165) is 28.1 Å². The molecule has 0 aliphatic carbocycles. The molecule has 1 heterocycles. The van der Waals surface area contributed by atoms with Gasteiger partial charge in [0.15, 0.2) is 5.69 Å². The normalized spacial score (nSPS) is 10.7. The van der Waals surface area contributed by atoms with Gasteiger partial charge in [0, 0.05) is 5.69 Å². The lowest BCUT2D eigenvalue weighted by atomic mass is 10.1. The molecule has 0 atom stereocenters. The Kier molecular flexibility index (Phi) is 5.31. The number of nitrogens with one attached hydrogen (secondary N) is 1. The first kappa shape index (κ1) is 18.7. The largest absolute Gasteiger partial charge is 0.488 e. The fourth-order valence-corrected chi connectivity index (χ4v) is 2.99. The van der Waals surface area contributed by atoms with Crippen LogP contribution in [0.5, 0.6) is 5.75 Å². The topological polar surface area (TPSA) is 64.4 Å². The summed E-state index contributed by atoms with van der Waals surface area (Å²) in [5.74, 6) is 1.05. The first-order valence-electron chi connectivity index (χ1n) is 8.89. The van der Waals surface area contributed by atoms with Crippen molar-refractivity contribution in [3.63, 3.8) is 0 Å². The van der Waals surface area contributed by atoms with Crippen molar-refractivity contribution in [3.8, 4) is 5.75 Å². The molecular weight excluding hydrogens is 340 g/mol. The van der Waals surface area contributed by atoms with E-state index in [1.54, 1.807) is 6.92 Å². The van der Waals surface area contributed by atoms with Crippen molar-refractivity contribution in [1.29, 1.82) is 0 Å².